The molecule has 9 heteroatoms. The number of hydrogen-bond donors (Lipinski definition) is 0. The number of aryl methyl sites for hydroxylation is 3. The summed E-state index contributed by atoms with van der Waals surface area (Å²) >= 11 is 1.61. The van der Waals surface area contributed by atoms with Gasteiger partial charge in [-0.3, -0.25) is 9.20 Å². The smallest absolute Gasteiger partial charge is 0.223 e. The highest BCUT2D eigenvalue weighted by Gasteiger charge is 2.18. The third kappa shape index (κ3) is 3.97. The Balaban J connectivity index is 1.39. The van der Waals surface area contributed by atoms with Gasteiger partial charge in [-0.05, 0) is 26.0 Å². The molecule has 0 spiro atoms. The molecule has 0 aliphatic rings. The predicted octanol–water partition coefficient (Wildman–Crippen LogP) is 4.54. The Bertz CT molecular complexity index is 1230. The molecule has 30 heavy (non-hydrogen) atoms. The summed E-state index contributed by atoms with van der Waals surface area (Å²) in [4.78, 5) is 25.0. The molecule has 0 bridgehead atoms. The molecule has 4 aromatic rings. The van der Waals surface area contributed by atoms with Crippen molar-refractivity contribution in [2.24, 2.45) is 0 Å². The minimum absolute atomic E-state index is 0.0657. The lowest BCUT2D eigenvalue weighted by Crippen LogP contribution is -2.27. The van der Waals surface area contributed by atoms with Crippen molar-refractivity contribution in [3.05, 3.63) is 64.4 Å². The lowest BCUT2D eigenvalue weighted by molar-refractivity contribution is -0.130. The number of rotatable bonds is 6. The maximum atomic E-state index is 13.9. The van der Waals surface area contributed by atoms with E-state index in [1.165, 1.54) is 12.3 Å². The molecule has 0 aliphatic carbocycles. The first-order valence-electron chi connectivity index (χ1n) is 9.40. The number of carbonyl (C=O) groups is 1. The van der Waals surface area contributed by atoms with Crippen molar-refractivity contribution in [3.63, 3.8) is 0 Å². The third-order valence-corrected chi connectivity index (χ3v) is 5.75. The lowest BCUT2D eigenvalue weighted by atomic mass is 10.2. The highest BCUT2D eigenvalue weighted by atomic mass is 32.1. The van der Waals surface area contributed by atoms with Crippen molar-refractivity contribution in [3.8, 4) is 11.3 Å². The summed E-state index contributed by atoms with van der Waals surface area (Å²) < 4.78 is 34.5. The molecule has 3 aromatic heterocycles. The Morgan fingerprint density at radius 3 is 2.87 bits per heavy atom. The van der Waals surface area contributed by atoms with Gasteiger partial charge in [0.1, 0.15) is 11.6 Å². The number of aromatic nitrogens is 3. The van der Waals surface area contributed by atoms with E-state index in [-0.39, 0.29) is 30.1 Å². The molecule has 4 rings (SSSR count). The van der Waals surface area contributed by atoms with Crippen molar-refractivity contribution < 1.29 is 18.0 Å². The van der Waals surface area contributed by atoms with Crippen molar-refractivity contribution in [1.82, 2.24) is 19.3 Å². The Morgan fingerprint density at radius 2 is 2.10 bits per heavy atom. The molecule has 6 nitrogen and oxygen atoms in total. The van der Waals surface area contributed by atoms with Crippen molar-refractivity contribution in [2.45, 2.75) is 33.2 Å². The van der Waals surface area contributed by atoms with Crippen LogP contribution in [-0.4, -0.2) is 32.2 Å². The van der Waals surface area contributed by atoms with Gasteiger partial charge < -0.3 is 9.32 Å². The molecule has 0 saturated heterocycles. The number of fused-ring (bicyclic) bond motifs is 1. The second-order valence-electron chi connectivity index (χ2n) is 7.13. The van der Waals surface area contributed by atoms with Gasteiger partial charge in [0.05, 0.1) is 29.7 Å². The van der Waals surface area contributed by atoms with E-state index in [0.29, 0.717) is 12.4 Å². The summed E-state index contributed by atoms with van der Waals surface area (Å²) in [6.07, 6.45) is 3.89. The fourth-order valence-electron chi connectivity index (χ4n) is 3.26. The lowest BCUT2D eigenvalue weighted by Gasteiger charge is -2.17. The number of carbonyl (C=O) groups excluding carboxylic acids is 1. The van der Waals surface area contributed by atoms with Gasteiger partial charge in [0.2, 0.25) is 5.91 Å². The summed E-state index contributed by atoms with van der Waals surface area (Å²) in [6.45, 7) is 4.40. The van der Waals surface area contributed by atoms with Crippen LogP contribution < -0.4 is 0 Å². The number of amides is 1. The Kier molecular flexibility index (Phi) is 5.38. The first-order chi connectivity index (χ1) is 14.3. The maximum absolute atomic E-state index is 13.9. The van der Waals surface area contributed by atoms with Crippen molar-refractivity contribution in [2.75, 3.05) is 7.05 Å². The average Bonchev–Trinajstić information content (AvgIpc) is 3.36. The van der Waals surface area contributed by atoms with Gasteiger partial charge in [-0.1, -0.05) is 0 Å². The third-order valence-electron chi connectivity index (χ3n) is 4.86. The zero-order chi connectivity index (χ0) is 21.4. The van der Waals surface area contributed by atoms with E-state index < -0.39 is 11.6 Å². The van der Waals surface area contributed by atoms with Gasteiger partial charge in [-0.2, -0.15) is 0 Å². The van der Waals surface area contributed by atoms with Crippen LogP contribution in [0.15, 0.2) is 35.0 Å². The molecule has 0 atom stereocenters. The fourth-order valence-corrected chi connectivity index (χ4v) is 4.15. The van der Waals surface area contributed by atoms with Crippen molar-refractivity contribution in [1.29, 1.82) is 0 Å². The van der Waals surface area contributed by atoms with Gasteiger partial charge in [0, 0.05) is 37.0 Å². The van der Waals surface area contributed by atoms with E-state index in [4.69, 9.17) is 4.42 Å². The molecular weight excluding hydrogens is 410 g/mol. The average molecular weight is 430 g/mol. The fraction of sp³-hybridized carbons (Fsp3) is 0.286. The standard InChI is InChI=1S/C21H20F2N4O2S/c1-12-10-27-17(13(2)25-21(27)30-12)11-26(3)20(28)7-6-19-24-9-18(29-19)15-5-4-14(22)8-16(15)23/h4-5,8-10H,6-7,11H2,1-3H3. The number of nitrogens with zero attached hydrogens (tertiary/aromatic N) is 4. The van der Waals surface area contributed by atoms with Crippen LogP contribution in [0.5, 0.6) is 0 Å². The minimum Gasteiger partial charge on any atom is -0.441 e. The highest BCUT2D eigenvalue weighted by Crippen LogP contribution is 2.25. The second-order valence-corrected chi connectivity index (χ2v) is 8.34. The van der Waals surface area contributed by atoms with Gasteiger partial charge in [0.15, 0.2) is 16.6 Å². The zero-order valence-electron chi connectivity index (χ0n) is 16.8. The number of benzene rings is 1. The molecule has 0 aliphatic heterocycles. The molecule has 0 radical (unpaired) electrons. The Labute approximate surface area is 175 Å². The predicted molar refractivity (Wildman–Crippen MR) is 109 cm³/mol. The van der Waals surface area contributed by atoms with Crippen LogP contribution >= 0.6 is 11.3 Å². The molecule has 1 aromatic carbocycles. The monoisotopic (exact) mass is 430 g/mol. The number of imidazole rings is 1. The van der Waals surface area contributed by atoms with Crippen LogP contribution in [0.4, 0.5) is 8.78 Å². The number of halogens is 2. The SMILES string of the molecule is Cc1cn2c(CN(C)C(=O)CCc3ncc(-c4ccc(F)cc4F)o3)c(C)nc2s1. The topological polar surface area (TPSA) is 63.6 Å². The number of oxazole rings is 1. The summed E-state index contributed by atoms with van der Waals surface area (Å²) in [5.41, 5.74) is 2.01. The largest absolute Gasteiger partial charge is 0.441 e. The molecule has 0 N–H and O–H groups in total. The van der Waals surface area contributed by atoms with Crippen LogP contribution in [0.25, 0.3) is 16.3 Å². The number of hydrogen-bond acceptors (Lipinski definition) is 5. The van der Waals surface area contributed by atoms with Crippen molar-refractivity contribution >= 4 is 22.2 Å². The van der Waals surface area contributed by atoms with Gasteiger partial charge in [-0.25, -0.2) is 18.7 Å². The molecule has 1 amide bonds. The minimum atomic E-state index is -0.723. The Morgan fingerprint density at radius 1 is 1.30 bits per heavy atom. The summed E-state index contributed by atoms with van der Waals surface area (Å²) in [5.74, 6) is -0.920. The summed E-state index contributed by atoms with van der Waals surface area (Å²) in [7, 11) is 1.75. The van der Waals surface area contributed by atoms with Crippen LogP contribution in [0.3, 0.4) is 0 Å². The van der Waals surface area contributed by atoms with Gasteiger partial charge in [-0.15, -0.1) is 11.3 Å². The zero-order valence-corrected chi connectivity index (χ0v) is 17.6. The van der Waals surface area contributed by atoms with Crippen LogP contribution in [0, 0.1) is 25.5 Å². The maximum Gasteiger partial charge on any atom is 0.223 e. The highest BCUT2D eigenvalue weighted by molar-refractivity contribution is 7.17. The first kappa shape index (κ1) is 20.2. The summed E-state index contributed by atoms with van der Waals surface area (Å²) in [6, 6.07) is 3.25. The van der Waals surface area contributed by atoms with E-state index in [1.54, 1.807) is 23.3 Å². The molecule has 0 saturated carbocycles. The molecule has 0 fully saturated rings. The van der Waals surface area contributed by atoms with Crippen LogP contribution in [0.2, 0.25) is 0 Å². The quantitative estimate of drug-likeness (QED) is 0.451. The molecule has 3 heterocycles. The van der Waals surface area contributed by atoms with E-state index >= 15 is 0 Å². The molecule has 0 unspecified atom stereocenters. The van der Waals surface area contributed by atoms with Gasteiger partial charge in [0.25, 0.3) is 0 Å². The van der Waals surface area contributed by atoms with E-state index in [1.807, 2.05) is 24.4 Å². The summed E-state index contributed by atoms with van der Waals surface area (Å²) in [5, 5.41) is 0. The second kappa shape index (κ2) is 7.98. The number of thiazole rings is 1. The first-order valence-corrected chi connectivity index (χ1v) is 10.2. The van der Waals surface area contributed by atoms with E-state index in [2.05, 4.69) is 9.97 Å². The van der Waals surface area contributed by atoms with Gasteiger partial charge >= 0.3 is 0 Å². The molecule has 156 valence electrons. The molecular formula is C21H20F2N4O2S. The Hall–Kier alpha value is -3.07. The van der Waals surface area contributed by atoms with E-state index in [0.717, 1.165) is 33.4 Å². The van der Waals surface area contributed by atoms with E-state index in [9.17, 15) is 13.6 Å². The normalized spacial score (nSPS) is 11.4. The van der Waals surface area contributed by atoms with Crippen LogP contribution in [-0.2, 0) is 17.8 Å². The van der Waals surface area contributed by atoms with Crippen LogP contribution in [0.1, 0.15) is 28.6 Å².